The van der Waals surface area contributed by atoms with Crippen molar-refractivity contribution >= 4 is 71.7 Å². The number of anilines is 3. The van der Waals surface area contributed by atoms with Gasteiger partial charge >= 0.3 is 0 Å². The van der Waals surface area contributed by atoms with Crippen LogP contribution < -0.4 is 4.90 Å². The van der Waals surface area contributed by atoms with Gasteiger partial charge < -0.3 is 13.7 Å². The van der Waals surface area contributed by atoms with Crippen molar-refractivity contribution in [1.82, 2.24) is 0 Å². The number of furan rings is 2. The molecule has 0 aliphatic carbocycles. The quantitative estimate of drug-likeness (QED) is 0.173. The van der Waals surface area contributed by atoms with Crippen molar-refractivity contribution in [3.8, 4) is 33.4 Å². The molecule has 0 fully saturated rings. The topological polar surface area (TPSA) is 29.5 Å². The minimum Gasteiger partial charge on any atom is -0.456 e. The van der Waals surface area contributed by atoms with Gasteiger partial charge in [-0.2, -0.15) is 0 Å². The Morgan fingerprint density at radius 2 is 0.764 bits per heavy atom. The summed E-state index contributed by atoms with van der Waals surface area (Å²) in [5, 5.41) is 7.01. The summed E-state index contributed by atoms with van der Waals surface area (Å²) in [6, 6.07) is 71.0. The fourth-order valence-electron chi connectivity index (χ4n) is 8.23. The van der Waals surface area contributed by atoms with Gasteiger partial charge in [0.25, 0.3) is 0 Å². The first kappa shape index (κ1) is 31.2. The third-order valence-electron chi connectivity index (χ3n) is 10.9. The van der Waals surface area contributed by atoms with Crippen LogP contribution in [0.5, 0.6) is 0 Å². The number of nitrogens with zero attached hydrogens (tertiary/aromatic N) is 1. The predicted octanol–water partition coefficient (Wildman–Crippen LogP) is 15.1. The molecule has 55 heavy (non-hydrogen) atoms. The van der Waals surface area contributed by atoms with Gasteiger partial charge in [-0.25, -0.2) is 0 Å². The fraction of sp³-hybridized carbons (Fsp3) is 0. The molecule has 0 radical (unpaired) electrons. The molecular weight excluding hydrogens is 671 g/mol. The second-order valence-corrected chi connectivity index (χ2v) is 14.1. The van der Waals surface area contributed by atoms with Crippen LogP contribution in [0.4, 0.5) is 17.1 Å². The maximum Gasteiger partial charge on any atom is 0.137 e. The van der Waals surface area contributed by atoms with Crippen LogP contribution in [-0.4, -0.2) is 0 Å². The Morgan fingerprint density at radius 3 is 1.53 bits per heavy atom. The minimum absolute atomic E-state index is 0.863. The van der Waals surface area contributed by atoms with E-state index in [9.17, 15) is 0 Å². The second-order valence-electron chi connectivity index (χ2n) is 14.1. The molecule has 0 amide bonds. The maximum absolute atomic E-state index is 6.37. The summed E-state index contributed by atoms with van der Waals surface area (Å²) < 4.78 is 12.6. The number of hydrogen-bond donors (Lipinski definition) is 0. The van der Waals surface area contributed by atoms with Gasteiger partial charge in [0.15, 0.2) is 0 Å². The van der Waals surface area contributed by atoms with Crippen molar-refractivity contribution in [3.05, 3.63) is 200 Å². The van der Waals surface area contributed by atoms with Crippen LogP contribution in [0.3, 0.4) is 0 Å². The van der Waals surface area contributed by atoms with Crippen LogP contribution in [0.2, 0.25) is 0 Å². The zero-order valence-corrected chi connectivity index (χ0v) is 29.8. The zero-order valence-electron chi connectivity index (χ0n) is 29.8. The van der Waals surface area contributed by atoms with Crippen molar-refractivity contribution in [2.75, 3.05) is 4.90 Å². The number of rotatable bonds is 6. The van der Waals surface area contributed by atoms with Crippen LogP contribution in [0.1, 0.15) is 0 Å². The third kappa shape index (κ3) is 5.28. The van der Waals surface area contributed by atoms with Crippen LogP contribution in [0.15, 0.2) is 209 Å². The van der Waals surface area contributed by atoms with E-state index in [1.54, 1.807) is 0 Å². The van der Waals surface area contributed by atoms with Gasteiger partial charge in [0.1, 0.15) is 22.3 Å². The van der Waals surface area contributed by atoms with E-state index in [1.807, 2.05) is 30.3 Å². The SMILES string of the molecule is c1ccc2c(-c3ccc(-c4ccc(N(c5ccc(-c6cccc7oc8ccccc8c67)cc5)c5ccc6c(c5)oc5ccccc56)cc4)cc3)cccc2c1. The van der Waals surface area contributed by atoms with Crippen LogP contribution in [0, 0.1) is 0 Å². The van der Waals surface area contributed by atoms with Crippen molar-refractivity contribution < 1.29 is 8.83 Å². The molecule has 258 valence electrons. The number of fused-ring (bicyclic) bond motifs is 7. The van der Waals surface area contributed by atoms with Crippen molar-refractivity contribution in [1.29, 1.82) is 0 Å². The van der Waals surface area contributed by atoms with Crippen molar-refractivity contribution in [2.45, 2.75) is 0 Å². The van der Waals surface area contributed by atoms with Gasteiger partial charge in [-0.1, -0.05) is 140 Å². The lowest BCUT2D eigenvalue weighted by Crippen LogP contribution is -2.09. The summed E-state index contributed by atoms with van der Waals surface area (Å²) in [5.41, 5.74) is 13.8. The highest BCUT2D eigenvalue weighted by molar-refractivity contribution is 6.12. The zero-order chi connectivity index (χ0) is 36.3. The largest absolute Gasteiger partial charge is 0.456 e. The van der Waals surface area contributed by atoms with Crippen molar-refractivity contribution in [3.63, 3.8) is 0 Å². The van der Waals surface area contributed by atoms with Crippen LogP contribution in [0.25, 0.3) is 88.0 Å². The molecular formula is C52H33NO2. The van der Waals surface area contributed by atoms with Gasteiger partial charge in [-0.15, -0.1) is 0 Å². The van der Waals surface area contributed by atoms with E-state index in [-0.39, 0.29) is 0 Å². The fourth-order valence-corrected chi connectivity index (χ4v) is 8.23. The Bertz CT molecular complexity index is 3180. The highest BCUT2D eigenvalue weighted by Crippen LogP contribution is 2.42. The summed E-state index contributed by atoms with van der Waals surface area (Å²) in [6.45, 7) is 0. The Labute approximate surface area is 317 Å². The monoisotopic (exact) mass is 703 g/mol. The Morgan fingerprint density at radius 1 is 0.291 bits per heavy atom. The van der Waals surface area contributed by atoms with E-state index in [0.717, 1.165) is 77.6 Å². The van der Waals surface area contributed by atoms with E-state index in [0.29, 0.717) is 0 Å². The van der Waals surface area contributed by atoms with Gasteiger partial charge in [0.2, 0.25) is 0 Å². The van der Waals surface area contributed by atoms with Gasteiger partial charge in [0.05, 0.1) is 0 Å². The van der Waals surface area contributed by atoms with E-state index in [4.69, 9.17) is 8.83 Å². The standard InChI is InChI=1S/C52H33NO2/c1-2-11-42-36(9-1)10-7-14-43(42)37-21-19-34(20-22-37)35-23-27-39(28-24-35)53(41-31-32-46-45-12-3-5-16-48(45)55-51(46)33-41)40-29-25-38(26-30-40)44-15-8-18-50-52(44)47-13-4-6-17-49(47)54-50/h1-33H. The highest BCUT2D eigenvalue weighted by Gasteiger charge is 2.17. The average Bonchev–Trinajstić information content (AvgIpc) is 3.82. The summed E-state index contributed by atoms with van der Waals surface area (Å²) in [6.07, 6.45) is 0. The smallest absolute Gasteiger partial charge is 0.137 e. The van der Waals surface area contributed by atoms with Crippen LogP contribution >= 0.6 is 0 Å². The molecule has 0 saturated heterocycles. The van der Waals surface area contributed by atoms with Gasteiger partial charge in [-0.05, 0) is 98.8 Å². The van der Waals surface area contributed by atoms with E-state index < -0.39 is 0 Å². The molecule has 0 N–H and O–H groups in total. The molecule has 2 heterocycles. The molecule has 0 aliphatic rings. The predicted molar refractivity (Wildman–Crippen MR) is 229 cm³/mol. The summed E-state index contributed by atoms with van der Waals surface area (Å²) >= 11 is 0. The molecule has 3 heteroatoms. The highest BCUT2D eigenvalue weighted by atomic mass is 16.3. The number of para-hydroxylation sites is 2. The summed E-state index contributed by atoms with van der Waals surface area (Å²) in [7, 11) is 0. The number of hydrogen-bond acceptors (Lipinski definition) is 3. The Kier molecular flexibility index (Phi) is 7.17. The normalized spacial score (nSPS) is 11.6. The first-order valence-electron chi connectivity index (χ1n) is 18.7. The lowest BCUT2D eigenvalue weighted by Gasteiger charge is -2.26. The average molecular weight is 704 g/mol. The molecule has 3 nitrogen and oxygen atoms in total. The molecule has 0 spiro atoms. The third-order valence-corrected chi connectivity index (χ3v) is 10.9. The lowest BCUT2D eigenvalue weighted by atomic mass is 9.96. The van der Waals surface area contributed by atoms with Crippen LogP contribution in [-0.2, 0) is 0 Å². The van der Waals surface area contributed by atoms with Gasteiger partial charge in [-0.3, -0.25) is 0 Å². The van der Waals surface area contributed by atoms with E-state index >= 15 is 0 Å². The van der Waals surface area contributed by atoms with E-state index in [1.165, 1.54) is 27.5 Å². The maximum atomic E-state index is 6.37. The first-order chi connectivity index (χ1) is 27.2. The molecule has 0 bridgehead atoms. The molecule has 11 rings (SSSR count). The molecule has 0 atom stereocenters. The van der Waals surface area contributed by atoms with Gasteiger partial charge in [0, 0.05) is 44.7 Å². The summed E-state index contributed by atoms with van der Waals surface area (Å²) in [5.74, 6) is 0. The molecule has 0 unspecified atom stereocenters. The summed E-state index contributed by atoms with van der Waals surface area (Å²) in [4.78, 5) is 2.30. The molecule has 0 saturated carbocycles. The first-order valence-corrected chi connectivity index (χ1v) is 18.7. The lowest BCUT2D eigenvalue weighted by molar-refractivity contribution is 0.668. The van der Waals surface area contributed by atoms with E-state index in [2.05, 4.69) is 175 Å². The molecule has 11 aromatic rings. The minimum atomic E-state index is 0.863. The van der Waals surface area contributed by atoms with Crippen molar-refractivity contribution in [2.24, 2.45) is 0 Å². The molecule has 9 aromatic carbocycles. The Balaban J connectivity index is 0.979. The Hall–Kier alpha value is -7.36. The second kappa shape index (κ2) is 12.6. The molecule has 0 aliphatic heterocycles. The number of benzene rings is 9. The molecule has 2 aromatic heterocycles.